The molecule has 0 aliphatic carbocycles. The molecule has 0 bridgehead atoms. The van der Waals surface area contributed by atoms with Crippen LogP contribution in [0.25, 0.3) is 0 Å². The number of aliphatic carboxylic acids is 1. The van der Waals surface area contributed by atoms with Crippen LogP contribution >= 0.6 is 0 Å². The molecule has 0 fully saturated rings. The summed E-state index contributed by atoms with van der Waals surface area (Å²) < 4.78 is 0. The predicted molar refractivity (Wildman–Crippen MR) is 109 cm³/mol. The minimum atomic E-state index is -0.849. The third kappa shape index (κ3) is 7.61. The molecule has 3 rings (SSSR count). The number of para-hydroxylation sites is 2. The number of benzene rings is 3. The molecule has 0 aromatic heterocycles. The van der Waals surface area contributed by atoms with Gasteiger partial charge in [0.15, 0.2) is 0 Å². The second kappa shape index (κ2) is 12.2. The molecule has 0 heterocycles. The van der Waals surface area contributed by atoms with E-state index in [0.29, 0.717) is 0 Å². The van der Waals surface area contributed by atoms with Crippen molar-refractivity contribution in [1.82, 2.24) is 12.3 Å². The summed E-state index contributed by atoms with van der Waals surface area (Å²) in [5.41, 5.74) is 3.07. The number of hydrogen-bond donors (Lipinski definition) is 3. The van der Waals surface area contributed by atoms with Crippen LogP contribution in [0.15, 0.2) is 91.0 Å². The molecule has 0 amide bonds. The molecule has 0 saturated heterocycles. The highest BCUT2D eigenvalue weighted by Crippen LogP contribution is 2.24. The largest absolute Gasteiger partial charge is 0.480 e. The molecule has 0 aliphatic rings. The van der Waals surface area contributed by atoms with Gasteiger partial charge in [0.1, 0.15) is 6.54 Å². The monoisotopic (exact) mass is 353 g/mol. The number of aryl methyl sites for hydroxylation is 1. The summed E-state index contributed by atoms with van der Waals surface area (Å²) in [5.74, 6) is -0.849. The fourth-order valence-electron chi connectivity index (χ4n) is 2.22. The van der Waals surface area contributed by atoms with Crippen LogP contribution in [0.1, 0.15) is 5.56 Å². The number of hydrogen-bond acceptors (Lipinski definition) is 4. The van der Waals surface area contributed by atoms with Crippen LogP contribution < -0.4 is 17.2 Å². The summed E-state index contributed by atoms with van der Waals surface area (Å²) in [5, 5.41) is 8.96. The zero-order valence-corrected chi connectivity index (χ0v) is 15.1. The number of anilines is 2. The Balaban J connectivity index is 0.000000592. The molecule has 5 nitrogen and oxygen atoms in total. The fourth-order valence-corrected chi connectivity index (χ4v) is 2.22. The van der Waals surface area contributed by atoms with Crippen LogP contribution in [0.4, 0.5) is 11.4 Å². The Morgan fingerprint density at radius 1 is 0.731 bits per heavy atom. The van der Waals surface area contributed by atoms with Gasteiger partial charge in [-0.15, -0.1) is 0 Å². The van der Waals surface area contributed by atoms with E-state index in [9.17, 15) is 4.79 Å². The standard InChI is InChI=1S/C14H13NO2.C7H8.2H3N/c16-14(17)11-15(12-7-3-1-4-8-12)13-9-5-2-6-10-13;1-7-5-3-2-4-6-7;;/h1-10H,11H2,(H,16,17);2-6H,1H3;2*1H3. The van der Waals surface area contributed by atoms with Crippen molar-refractivity contribution in [2.75, 3.05) is 11.4 Å². The van der Waals surface area contributed by atoms with E-state index in [1.807, 2.05) is 78.9 Å². The lowest BCUT2D eigenvalue weighted by Gasteiger charge is -2.22. The fraction of sp³-hybridized carbons (Fsp3) is 0.0952. The van der Waals surface area contributed by atoms with Crippen molar-refractivity contribution in [2.45, 2.75) is 6.92 Å². The normalized spacial score (nSPS) is 8.81. The summed E-state index contributed by atoms with van der Waals surface area (Å²) in [6, 6.07) is 29.3. The SMILES string of the molecule is Cc1ccccc1.N.N.O=C(O)CN(c1ccccc1)c1ccccc1. The highest BCUT2D eigenvalue weighted by Gasteiger charge is 2.11. The van der Waals surface area contributed by atoms with Crippen molar-refractivity contribution < 1.29 is 9.90 Å². The Morgan fingerprint density at radius 2 is 1.08 bits per heavy atom. The predicted octanol–water partition coefficient (Wildman–Crippen LogP) is 5.23. The van der Waals surface area contributed by atoms with Crippen molar-refractivity contribution in [3.05, 3.63) is 96.6 Å². The molecule has 3 aromatic rings. The van der Waals surface area contributed by atoms with Crippen molar-refractivity contribution in [3.63, 3.8) is 0 Å². The topological polar surface area (TPSA) is 111 Å². The first-order valence-corrected chi connectivity index (χ1v) is 7.78. The molecule has 0 aliphatic heterocycles. The maximum absolute atomic E-state index is 10.9. The Kier molecular flexibility index (Phi) is 10.8. The van der Waals surface area contributed by atoms with E-state index in [2.05, 4.69) is 19.1 Å². The Bertz CT molecular complexity index is 695. The van der Waals surface area contributed by atoms with Gasteiger partial charge in [0.05, 0.1) is 0 Å². The summed E-state index contributed by atoms with van der Waals surface area (Å²) >= 11 is 0. The quantitative estimate of drug-likeness (QED) is 0.595. The summed E-state index contributed by atoms with van der Waals surface area (Å²) in [6.07, 6.45) is 0. The zero-order chi connectivity index (χ0) is 17.2. The second-order valence-electron chi connectivity index (χ2n) is 5.31. The smallest absolute Gasteiger partial charge is 0.323 e. The van der Waals surface area contributed by atoms with E-state index >= 15 is 0 Å². The number of carbonyl (C=O) groups is 1. The van der Waals surface area contributed by atoms with Crippen LogP contribution in [-0.4, -0.2) is 17.6 Å². The minimum absolute atomic E-state index is 0. The molecule has 7 N–H and O–H groups in total. The molecule has 26 heavy (non-hydrogen) atoms. The van der Waals surface area contributed by atoms with E-state index < -0.39 is 5.97 Å². The van der Waals surface area contributed by atoms with E-state index in [0.717, 1.165) is 11.4 Å². The number of rotatable bonds is 4. The molecule has 0 atom stereocenters. The van der Waals surface area contributed by atoms with Gasteiger partial charge in [0, 0.05) is 11.4 Å². The van der Waals surface area contributed by atoms with Gasteiger partial charge in [-0.3, -0.25) is 4.79 Å². The van der Waals surface area contributed by atoms with Crippen LogP contribution in [-0.2, 0) is 4.79 Å². The maximum atomic E-state index is 10.9. The van der Waals surface area contributed by atoms with Gasteiger partial charge in [0.2, 0.25) is 0 Å². The Labute approximate surface area is 155 Å². The van der Waals surface area contributed by atoms with Crippen LogP contribution in [0, 0.1) is 6.92 Å². The molecule has 3 aromatic carbocycles. The van der Waals surface area contributed by atoms with Gasteiger partial charge in [0.25, 0.3) is 0 Å². The highest BCUT2D eigenvalue weighted by atomic mass is 16.4. The van der Waals surface area contributed by atoms with Gasteiger partial charge in [-0.2, -0.15) is 0 Å². The van der Waals surface area contributed by atoms with Gasteiger partial charge >= 0.3 is 5.97 Å². The summed E-state index contributed by atoms with van der Waals surface area (Å²) in [6.45, 7) is 2.04. The minimum Gasteiger partial charge on any atom is -0.480 e. The average molecular weight is 353 g/mol. The summed E-state index contributed by atoms with van der Waals surface area (Å²) in [7, 11) is 0. The molecule has 0 spiro atoms. The number of carboxylic acids is 1. The van der Waals surface area contributed by atoms with E-state index in [1.54, 1.807) is 4.90 Å². The third-order valence-electron chi connectivity index (χ3n) is 3.37. The molecule has 0 saturated carbocycles. The van der Waals surface area contributed by atoms with Crippen LogP contribution in [0.2, 0.25) is 0 Å². The van der Waals surface area contributed by atoms with Crippen molar-refractivity contribution >= 4 is 17.3 Å². The molecular weight excluding hydrogens is 326 g/mol. The molecule has 0 unspecified atom stereocenters. The Hall–Kier alpha value is -3.15. The molecular formula is C21H27N3O2. The summed E-state index contributed by atoms with van der Waals surface area (Å²) in [4.78, 5) is 12.7. The number of nitrogens with zero attached hydrogens (tertiary/aromatic N) is 1. The molecule has 0 radical (unpaired) electrons. The molecule has 138 valence electrons. The lowest BCUT2D eigenvalue weighted by atomic mass is 10.2. The van der Waals surface area contributed by atoms with Crippen LogP contribution in [0.3, 0.4) is 0 Å². The van der Waals surface area contributed by atoms with E-state index in [-0.39, 0.29) is 18.8 Å². The van der Waals surface area contributed by atoms with E-state index in [4.69, 9.17) is 5.11 Å². The van der Waals surface area contributed by atoms with E-state index in [1.165, 1.54) is 5.56 Å². The lowest BCUT2D eigenvalue weighted by molar-refractivity contribution is -0.135. The Morgan fingerprint density at radius 3 is 1.35 bits per heavy atom. The first kappa shape index (κ1) is 22.9. The second-order valence-corrected chi connectivity index (χ2v) is 5.31. The maximum Gasteiger partial charge on any atom is 0.323 e. The first-order valence-electron chi connectivity index (χ1n) is 7.78. The van der Waals surface area contributed by atoms with Crippen molar-refractivity contribution in [3.8, 4) is 0 Å². The van der Waals surface area contributed by atoms with Crippen LogP contribution in [0.5, 0.6) is 0 Å². The number of carboxylic acid groups (broad SMARTS) is 1. The average Bonchev–Trinajstić information content (AvgIpc) is 2.62. The third-order valence-corrected chi connectivity index (χ3v) is 3.37. The lowest BCUT2D eigenvalue weighted by Crippen LogP contribution is -2.24. The van der Waals surface area contributed by atoms with Crippen molar-refractivity contribution in [2.24, 2.45) is 0 Å². The van der Waals surface area contributed by atoms with Gasteiger partial charge in [-0.25, -0.2) is 0 Å². The van der Waals surface area contributed by atoms with Crippen molar-refractivity contribution in [1.29, 1.82) is 0 Å². The first-order chi connectivity index (χ1) is 11.7. The molecule has 5 heteroatoms. The van der Waals surface area contributed by atoms with Gasteiger partial charge in [-0.1, -0.05) is 72.3 Å². The highest BCUT2D eigenvalue weighted by molar-refractivity contribution is 5.78. The zero-order valence-electron chi connectivity index (χ0n) is 15.1. The van der Waals surface area contributed by atoms with Gasteiger partial charge < -0.3 is 22.3 Å². The van der Waals surface area contributed by atoms with Gasteiger partial charge in [-0.05, 0) is 31.2 Å².